The van der Waals surface area contributed by atoms with Crippen molar-refractivity contribution >= 4 is 5.97 Å². The summed E-state index contributed by atoms with van der Waals surface area (Å²) in [7, 11) is 1.42. The first-order valence-electron chi connectivity index (χ1n) is 12.3. The number of H-pyrrole nitrogens is 1. The van der Waals surface area contributed by atoms with E-state index in [1.165, 1.54) is 7.11 Å². The van der Waals surface area contributed by atoms with Crippen molar-refractivity contribution in [2.24, 2.45) is 0 Å². The molecule has 9 nitrogen and oxygen atoms in total. The number of carbonyl (C=O) groups excluding carboxylic acids is 1. The fourth-order valence-corrected chi connectivity index (χ4v) is 4.90. The van der Waals surface area contributed by atoms with Gasteiger partial charge in [0.1, 0.15) is 5.82 Å². The van der Waals surface area contributed by atoms with E-state index in [2.05, 4.69) is 44.9 Å². The van der Waals surface area contributed by atoms with Crippen LogP contribution in [0.5, 0.6) is 0 Å². The molecule has 2 aromatic carbocycles. The normalized spacial score (nSPS) is 13.2. The number of hydrogen-bond acceptors (Lipinski definition) is 6. The van der Waals surface area contributed by atoms with E-state index in [0.29, 0.717) is 29.8 Å². The van der Waals surface area contributed by atoms with Crippen molar-refractivity contribution in [3.05, 3.63) is 89.1 Å². The average molecular weight is 494 g/mol. The third-order valence-corrected chi connectivity index (χ3v) is 6.90. The molecule has 186 valence electrons. The second-order valence-corrected chi connectivity index (χ2v) is 9.42. The number of nitrogens with zero attached hydrogens (tertiary/aromatic N) is 6. The van der Waals surface area contributed by atoms with Gasteiger partial charge in [-0.1, -0.05) is 48.5 Å². The van der Waals surface area contributed by atoms with Gasteiger partial charge < -0.3 is 13.9 Å². The van der Waals surface area contributed by atoms with Crippen LogP contribution in [0.15, 0.2) is 60.7 Å². The monoisotopic (exact) mass is 493 g/mol. The number of imidazole rings is 1. The highest BCUT2D eigenvalue weighted by Crippen LogP contribution is 2.41. The third kappa shape index (κ3) is 4.12. The van der Waals surface area contributed by atoms with Crippen LogP contribution < -0.4 is 0 Å². The predicted molar refractivity (Wildman–Crippen MR) is 138 cm³/mol. The Bertz CT molecular complexity index is 1560. The van der Waals surface area contributed by atoms with E-state index >= 15 is 0 Å². The lowest BCUT2D eigenvalue weighted by atomic mass is 9.98. The molecule has 0 unspecified atom stereocenters. The fourth-order valence-electron chi connectivity index (χ4n) is 4.90. The van der Waals surface area contributed by atoms with Gasteiger partial charge in [0.2, 0.25) is 5.82 Å². The number of carbonyl (C=O) groups is 1. The van der Waals surface area contributed by atoms with Gasteiger partial charge in [-0.05, 0) is 60.7 Å². The van der Waals surface area contributed by atoms with Gasteiger partial charge in [0.25, 0.3) is 0 Å². The van der Waals surface area contributed by atoms with Gasteiger partial charge in [0, 0.05) is 29.4 Å². The van der Waals surface area contributed by atoms with Crippen molar-refractivity contribution in [1.29, 1.82) is 0 Å². The molecule has 0 atom stereocenters. The molecule has 5 aromatic rings. The highest BCUT2D eigenvalue weighted by molar-refractivity contribution is 5.91. The van der Waals surface area contributed by atoms with Gasteiger partial charge in [0.05, 0.1) is 7.11 Å². The van der Waals surface area contributed by atoms with Crippen molar-refractivity contribution in [3.8, 4) is 28.3 Å². The summed E-state index contributed by atoms with van der Waals surface area (Å²) in [5, 5.41) is 14.5. The summed E-state index contributed by atoms with van der Waals surface area (Å²) in [5.41, 5.74) is 6.58. The number of aromatic amines is 1. The zero-order valence-electron chi connectivity index (χ0n) is 21.0. The van der Waals surface area contributed by atoms with E-state index in [-0.39, 0.29) is 5.97 Å². The molecule has 0 radical (unpaired) electrons. The minimum atomic E-state index is -0.382. The van der Waals surface area contributed by atoms with Crippen LogP contribution in [-0.4, -0.2) is 47.8 Å². The maximum absolute atomic E-state index is 13.1. The van der Waals surface area contributed by atoms with Crippen molar-refractivity contribution in [2.45, 2.75) is 39.2 Å². The fraction of sp³-hybridized carbons (Fsp3) is 0.250. The lowest BCUT2D eigenvalue weighted by Gasteiger charge is -2.13. The zero-order chi connectivity index (χ0) is 25.5. The van der Waals surface area contributed by atoms with Crippen LogP contribution in [0.1, 0.15) is 52.0 Å². The van der Waals surface area contributed by atoms with Crippen LogP contribution in [0.4, 0.5) is 0 Å². The molecule has 0 spiro atoms. The summed E-state index contributed by atoms with van der Waals surface area (Å²) in [6, 6.07) is 20.4. The zero-order valence-corrected chi connectivity index (χ0v) is 21.0. The summed E-state index contributed by atoms with van der Waals surface area (Å²) in [6.45, 7) is 4.57. The van der Waals surface area contributed by atoms with E-state index in [1.807, 2.05) is 59.4 Å². The molecule has 37 heavy (non-hydrogen) atoms. The molecule has 1 aliphatic rings. The predicted octanol–water partition coefficient (Wildman–Crippen LogP) is 4.85. The molecule has 0 saturated heterocycles. The van der Waals surface area contributed by atoms with Crippen LogP contribution >= 0.6 is 0 Å². The van der Waals surface area contributed by atoms with E-state index in [0.717, 1.165) is 52.3 Å². The number of aromatic nitrogens is 7. The number of ether oxygens (including phenoxy) is 1. The summed E-state index contributed by atoms with van der Waals surface area (Å²) in [4.78, 5) is 18.1. The molecule has 1 saturated carbocycles. The number of esters is 1. The maximum Gasteiger partial charge on any atom is 0.358 e. The molecular formula is C28H27N7O2. The van der Waals surface area contributed by atoms with E-state index in [1.54, 1.807) is 0 Å². The Morgan fingerprint density at radius 3 is 2.32 bits per heavy atom. The highest BCUT2D eigenvalue weighted by Gasteiger charge is 2.34. The van der Waals surface area contributed by atoms with Crippen molar-refractivity contribution in [2.75, 3.05) is 7.11 Å². The van der Waals surface area contributed by atoms with Gasteiger partial charge in [-0.3, -0.25) is 0 Å². The minimum absolute atomic E-state index is 0.356. The Hall–Kier alpha value is -4.53. The number of methoxy groups -OCH3 is 1. The maximum atomic E-state index is 13.1. The number of benzene rings is 2. The molecule has 1 aliphatic carbocycles. The molecule has 0 bridgehead atoms. The Balaban J connectivity index is 1.40. The lowest BCUT2D eigenvalue weighted by molar-refractivity contribution is 0.0588. The molecule has 3 heterocycles. The molecule has 0 aliphatic heterocycles. The first-order chi connectivity index (χ1) is 18.0. The van der Waals surface area contributed by atoms with Crippen molar-refractivity contribution < 1.29 is 9.53 Å². The summed E-state index contributed by atoms with van der Waals surface area (Å²) in [5.74, 6) is 2.11. The molecule has 9 heteroatoms. The second kappa shape index (κ2) is 9.16. The SMILES string of the molecule is COC(=O)c1c(-n2c(C)ccc2C)nc(C2CC2)n1Cc1ccc(-c2ccccc2-c2nn[nH]n2)cc1. The van der Waals surface area contributed by atoms with Gasteiger partial charge in [-0.25, -0.2) is 9.78 Å². The molecule has 6 rings (SSSR count). The van der Waals surface area contributed by atoms with Gasteiger partial charge in [0.15, 0.2) is 11.5 Å². The van der Waals surface area contributed by atoms with Crippen molar-refractivity contribution in [3.63, 3.8) is 0 Å². The third-order valence-electron chi connectivity index (χ3n) is 6.90. The molecule has 0 amide bonds. The standard InChI is InChI=1S/C28H27N7O2/c1-17-8-9-18(2)35(17)27-24(28(36)37-3)34(26(29-27)21-14-15-21)16-19-10-12-20(13-11-19)22-6-4-5-7-23(22)25-30-32-33-31-25/h4-13,21H,14-16H2,1-3H3,(H,30,31,32,33). The second-order valence-electron chi connectivity index (χ2n) is 9.42. The highest BCUT2D eigenvalue weighted by atomic mass is 16.5. The molecule has 1 fully saturated rings. The minimum Gasteiger partial charge on any atom is -0.464 e. The van der Waals surface area contributed by atoms with Crippen LogP contribution in [-0.2, 0) is 11.3 Å². The van der Waals surface area contributed by atoms with Crippen LogP contribution in [0, 0.1) is 13.8 Å². The quantitative estimate of drug-likeness (QED) is 0.325. The lowest BCUT2D eigenvalue weighted by Crippen LogP contribution is -2.16. The molecule has 3 aromatic heterocycles. The van der Waals surface area contributed by atoms with Crippen LogP contribution in [0.25, 0.3) is 28.3 Å². The Morgan fingerprint density at radius 2 is 1.70 bits per heavy atom. The Morgan fingerprint density at radius 1 is 1.00 bits per heavy atom. The number of hydrogen-bond donors (Lipinski definition) is 1. The smallest absolute Gasteiger partial charge is 0.358 e. The number of nitrogens with one attached hydrogen (secondary N) is 1. The van der Waals surface area contributed by atoms with E-state index in [9.17, 15) is 4.79 Å². The van der Waals surface area contributed by atoms with E-state index in [4.69, 9.17) is 9.72 Å². The largest absolute Gasteiger partial charge is 0.464 e. The molecule has 1 N–H and O–H groups in total. The topological polar surface area (TPSA) is 104 Å². The van der Waals surface area contributed by atoms with Gasteiger partial charge >= 0.3 is 5.97 Å². The summed E-state index contributed by atoms with van der Waals surface area (Å²) < 4.78 is 9.32. The first kappa shape index (κ1) is 22.9. The van der Waals surface area contributed by atoms with E-state index < -0.39 is 0 Å². The number of aryl methyl sites for hydroxylation is 2. The molecular weight excluding hydrogens is 466 g/mol. The number of rotatable bonds is 7. The Labute approximate surface area is 214 Å². The summed E-state index contributed by atoms with van der Waals surface area (Å²) >= 11 is 0. The Kier molecular flexibility index (Phi) is 5.67. The van der Waals surface area contributed by atoms with Crippen molar-refractivity contribution in [1.82, 2.24) is 34.7 Å². The average Bonchev–Trinajstić information content (AvgIpc) is 3.32. The summed E-state index contributed by atoms with van der Waals surface area (Å²) in [6.07, 6.45) is 2.15. The first-order valence-corrected chi connectivity index (χ1v) is 12.3. The van der Waals surface area contributed by atoms with Crippen LogP contribution in [0.3, 0.4) is 0 Å². The van der Waals surface area contributed by atoms with Gasteiger partial charge in [-0.15, -0.1) is 10.2 Å². The van der Waals surface area contributed by atoms with Gasteiger partial charge in [-0.2, -0.15) is 5.21 Å². The number of tetrazole rings is 1. The van der Waals surface area contributed by atoms with Crippen LogP contribution in [0.2, 0.25) is 0 Å².